The molecule has 11 heavy (non-hydrogen) atoms. The van der Waals surface area contributed by atoms with Gasteiger partial charge < -0.3 is 10.1 Å². The Labute approximate surface area is 68.6 Å². The van der Waals surface area contributed by atoms with E-state index >= 15 is 0 Å². The van der Waals surface area contributed by atoms with Gasteiger partial charge in [0.1, 0.15) is 0 Å². The van der Waals surface area contributed by atoms with E-state index < -0.39 is 0 Å². The molecule has 1 aliphatic heterocycles. The summed E-state index contributed by atoms with van der Waals surface area (Å²) in [5.74, 6) is 0. The number of hydrogen-bond donors (Lipinski definition) is 1. The molecule has 0 saturated carbocycles. The van der Waals surface area contributed by atoms with Crippen LogP contribution in [-0.4, -0.2) is 25.3 Å². The quantitative estimate of drug-likeness (QED) is 0.577. The Bertz CT molecular complexity index is 150. The Morgan fingerprint density at radius 2 is 2.27 bits per heavy atom. The standard InChI is InChI=1S/C9H17NO/c1-7(2)6-9-8(3)11-5-4-10-9/h6,8-10H,4-5H2,1-3H3/t8-,9-/m1/s1. The highest BCUT2D eigenvalue weighted by molar-refractivity contribution is 5.04. The Kier molecular flexibility index (Phi) is 3.09. The van der Waals surface area contributed by atoms with Gasteiger partial charge in [-0.3, -0.25) is 0 Å². The van der Waals surface area contributed by atoms with Crippen molar-refractivity contribution < 1.29 is 4.74 Å². The van der Waals surface area contributed by atoms with Crippen LogP contribution in [0, 0.1) is 0 Å². The zero-order valence-corrected chi connectivity index (χ0v) is 7.55. The maximum atomic E-state index is 5.48. The minimum atomic E-state index is 0.318. The van der Waals surface area contributed by atoms with Crippen molar-refractivity contribution in [3.8, 4) is 0 Å². The molecule has 1 aliphatic rings. The summed E-state index contributed by atoms with van der Waals surface area (Å²) in [6, 6.07) is 0.411. The summed E-state index contributed by atoms with van der Waals surface area (Å²) in [7, 11) is 0. The van der Waals surface area contributed by atoms with Crippen molar-refractivity contribution in [2.45, 2.75) is 32.9 Å². The lowest BCUT2D eigenvalue weighted by Crippen LogP contribution is -2.45. The Morgan fingerprint density at radius 3 is 2.82 bits per heavy atom. The maximum Gasteiger partial charge on any atom is 0.0736 e. The second kappa shape index (κ2) is 3.88. The molecule has 1 rings (SSSR count). The second-order valence-electron chi connectivity index (χ2n) is 3.30. The highest BCUT2D eigenvalue weighted by Gasteiger charge is 2.18. The largest absolute Gasteiger partial charge is 0.375 e. The van der Waals surface area contributed by atoms with Crippen molar-refractivity contribution in [3.05, 3.63) is 11.6 Å². The van der Waals surface area contributed by atoms with Crippen molar-refractivity contribution in [2.75, 3.05) is 13.2 Å². The topological polar surface area (TPSA) is 21.3 Å². The first-order valence-corrected chi connectivity index (χ1v) is 4.20. The zero-order chi connectivity index (χ0) is 8.27. The van der Waals surface area contributed by atoms with Crippen LogP contribution in [-0.2, 0) is 4.74 Å². The van der Waals surface area contributed by atoms with Crippen LogP contribution < -0.4 is 5.32 Å². The van der Waals surface area contributed by atoms with Crippen LogP contribution >= 0.6 is 0 Å². The predicted molar refractivity (Wildman–Crippen MR) is 46.6 cm³/mol. The van der Waals surface area contributed by atoms with Crippen molar-refractivity contribution in [2.24, 2.45) is 0 Å². The summed E-state index contributed by atoms with van der Waals surface area (Å²) in [4.78, 5) is 0. The van der Waals surface area contributed by atoms with Crippen molar-refractivity contribution in [1.29, 1.82) is 0 Å². The monoisotopic (exact) mass is 155 g/mol. The first-order chi connectivity index (χ1) is 5.20. The summed E-state index contributed by atoms with van der Waals surface area (Å²) in [6.45, 7) is 8.15. The lowest BCUT2D eigenvalue weighted by atomic mass is 10.1. The second-order valence-corrected chi connectivity index (χ2v) is 3.30. The van der Waals surface area contributed by atoms with E-state index in [0.717, 1.165) is 13.2 Å². The van der Waals surface area contributed by atoms with Gasteiger partial charge in [0, 0.05) is 6.54 Å². The average molecular weight is 155 g/mol. The van der Waals surface area contributed by atoms with Gasteiger partial charge in [0.25, 0.3) is 0 Å². The van der Waals surface area contributed by atoms with Crippen LogP contribution in [0.2, 0.25) is 0 Å². The fourth-order valence-corrected chi connectivity index (χ4v) is 1.29. The summed E-state index contributed by atoms with van der Waals surface area (Å²) in [6.07, 6.45) is 2.54. The molecule has 0 unspecified atom stereocenters. The molecule has 2 heteroatoms. The van der Waals surface area contributed by atoms with Crippen LogP contribution in [0.5, 0.6) is 0 Å². The van der Waals surface area contributed by atoms with Crippen molar-refractivity contribution >= 4 is 0 Å². The van der Waals surface area contributed by atoms with Gasteiger partial charge in [-0.25, -0.2) is 0 Å². The van der Waals surface area contributed by atoms with Crippen LogP contribution in [0.3, 0.4) is 0 Å². The van der Waals surface area contributed by atoms with E-state index in [1.807, 2.05) is 0 Å². The summed E-state index contributed by atoms with van der Waals surface area (Å²) in [5.41, 5.74) is 1.35. The first-order valence-electron chi connectivity index (χ1n) is 4.20. The predicted octanol–water partition coefficient (Wildman–Crippen LogP) is 1.33. The number of morpholine rings is 1. The molecule has 0 aromatic carbocycles. The smallest absolute Gasteiger partial charge is 0.0736 e. The lowest BCUT2D eigenvalue weighted by Gasteiger charge is -2.28. The molecule has 2 nitrogen and oxygen atoms in total. The number of allylic oxidation sites excluding steroid dienone is 1. The van der Waals surface area contributed by atoms with E-state index in [4.69, 9.17) is 4.74 Å². The fourth-order valence-electron chi connectivity index (χ4n) is 1.29. The molecule has 1 fully saturated rings. The van der Waals surface area contributed by atoms with Gasteiger partial charge in [-0.05, 0) is 20.8 Å². The molecular weight excluding hydrogens is 138 g/mol. The molecule has 1 heterocycles. The fraction of sp³-hybridized carbons (Fsp3) is 0.778. The molecule has 0 aromatic rings. The third-order valence-electron chi connectivity index (χ3n) is 1.88. The van der Waals surface area contributed by atoms with Gasteiger partial charge in [0.05, 0.1) is 18.8 Å². The summed E-state index contributed by atoms with van der Waals surface area (Å²) in [5, 5.41) is 3.40. The Morgan fingerprint density at radius 1 is 1.55 bits per heavy atom. The Balaban J connectivity index is 2.48. The van der Waals surface area contributed by atoms with Gasteiger partial charge in [-0.1, -0.05) is 11.6 Å². The van der Waals surface area contributed by atoms with E-state index in [1.165, 1.54) is 5.57 Å². The highest BCUT2D eigenvalue weighted by Crippen LogP contribution is 2.06. The third kappa shape index (κ3) is 2.64. The van der Waals surface area contributed by atoms with Crippen molar-refractivity contribution in [3.63, 3.8) is 0 Å². The molecule has 0 aliphatic carbocycles. The summed E-state index contributed by atoms with van der Waals surface area (Å²) >= 11 is 0. The number of rotatable bonds is 1. The van der Waals surface area contributed by atoms with Crippen LogP contribution in [0.4, 0.5) is 0 Å². The van der Waals surface area contributed by atoms with E-state index in [0.29, 0.717) is 12.1 Å². The normalized spacial score (nSPS) is 31.5. The molecule has 0 aromatic heterocycles. The molecule has 64 valence electrons. The SMILES string of the molecule is CC(C)=C[C@H]1NCCO[C@@H]1C. The maximum absolute atomic E-state index is 5.48. The number of hydrogen-bond acceptors (Lipinski definition) is 2. The molecule has 0 spiro atoms. The van der Waals surface area contributed by atoms with Crippen LogP contribution in [0.1, 0.15) is 20.8 Å². The van der Waals surface area contributed by atoms with Gasteiger partial charge in [-0.2, -0.15) is 0 Å². The van der Waals surface area contributed by atoms with E-state index in [-0.39, 0.29) is 0 Å². The molecule has 0 radical (unpaired) electrons. The number of ether oxygens (including phenoxy) is 1. The van der Waals surface area contributed by atoms with Crippen LogP contribution in [0.25, 0.3) is 0 Å². The minimum absolute atomic E-state index is 0.318. The number of nitrogens with one attached hydrogen (secondary N) is 1. The van der Waals surface area contributed by atoms with Gasteiger partial charge >= 0.3 is 0 Å². The van der Waals surface area contributed by atoms with Gasteiger partial charge in [0.2, 0.25) is 0 Å². The van der Waals surface area contributed by atoms with Gasteiger partial charge in [0.15, 0.2) is 0 Å². The Hall–Kier alpha value is -0.340. The van der Waals surface area contributed by atoms with E-state index in [1.54, 1.807) is 0 Å². The molecule has 0 bridgehead atoms. The molecule has 1 saturated heterocycles. The summed E-state index contributed by atoms with van der Waals surface area (Å²) < 4.78 is 5.48. The highest BCUT2D eigenvalue weighted by atomic mass is 16.5. The average Bonchev–Trinajstić information content (AvgIpc) is 1.93. The molecule has 0 amide bonds. The van der Waals surface area contributed by atoms with Gasteiger partial charge in [-0.15, -0.1) is 0 Å². The minimum Gasteiger partial charge on any atom is -0.375 e. The molecule has 1 N–H and O–H groups in total. The molecular formula is C9H17NO. The van der Waals surface area contributed by atoms with E-state index in [2.05, 4.69) is 32.2 Å². The van der Waals surface area contributed by atoms with Crippen molar-refractivity contribution in [1.82, 2.24) is 5.32 Å². The third-order valence-corrected chi connectivity index (χ3v) is 1.88. The zero-order valence-electron chi connectivity index (χ0n) is 7.55. The first kappa shape index (κ1) is 8.75. The molecule has 2 atom stereocenters. The van der Waals surface area contributed by atoms with E-state index in [9.17, 15) is 0 Å². The lowest BCUT2D eigenvalue weighted by molar-refractivity contribution is 0.0210. The van der Waals surface area contributed by atoms with Crippen LogP contribution in [0.15, 0.2) is 11.6 Å².